The summed E-state index contributed by atoms with van der Waals surface area (Å²) in [4.78, 5) is 24.1. The van der Waals surface area contributed by atoms with Gasteiger partial charge in [0.05, 0.1) is 22.8 Å². The van der Waals surface area contributed by atoms with Crippen LogP contribution in [0, 0.1) is 0 Å². The molecule has 0 aliphatic carbocycles. The Balaban J connectivity index is 0.602. The van der Waals surface area contributed by atoms with Crippen molar-refractivity contribution in [3.05, 3.63) is 322 Å². The Bertz CT molecular complexity index is 5740. The van der Waals surface area contributed by atoms with E-state index in [-0.39, 0.29) is 0 Å². The summed E-state index contributed by atoms with van der Waals surface area (Å²) >= 11 is 0. The van der Waals surface area contributed by atoms with Crippen molar-refractivity contribution in [2.45, 2.75) is 0 Å². The molecule has 4 heterocycles. The quantitative estimate of drug-likeness (QED) is 0.121. The van der Waals surface area contributed by atoms with Crippen LogP contribution in [0.2, 0.25) is 0 Å². The van der Waals surface area contributed by atoms with E-state index in [0.29, 0.717) is 5.82 Å². The predicted octanol–water partition coefficient (Wildman–Crippen LogP) is 22.8. The number of rotatable bonds is 11. The minimum absolute atomic E-state index is 0.659. The van der Waals surface area contributed by atoms with Gasteiger partial charge in [-0.05, 0) is 180 Å². The second kappa shape index (κ2) is 21.8. The van der Waals surface area contributed by atoms with Crippen molar-refractivity contribution < 1.29 is 0 Å². The molecule has 0 N–H and O–H groups in total. The van der Waals surface area contributed by atoms with E-state index in [2.05, 4.69) is 271 Å². The number of nitrogens with zero attached hydrogens (tertiary/aromatic N) is 5. The van der Waals surface area contributed by atoms with Gasteiger partial charge in [-0.25, -0.2) is 15.0 Å². The van der Waals surface area contributed by atoms with Crippen molar-refractivity contribution in [3.8, 4) is 123 Å². The lowest BCUT2D eigenvalue weighted by Crippen LogP contribution is -1.93. The van der Waals surface area contributed by atoms with Crippen LogP contribution in [0.25, 0.3) is 188 Å². The van der Waals surface area contributed by atoms with Gasteiger partial charge in [-0.1, -0.05) is 249 Å². The molecule has 0 amide bonds. The highest BCUT2D eigenvalue weighted by atomic mass is 14.9. The molecule has 14 aromatic carbocycles. The van der Waals surface area contributed by atoms with E-state index in [1.807, 2.05) is 61.2 Å². The normalized spacial score (nSPS) is 11.7. The van der Waals surface area contributed by atoms with Gasteiger partial charge in [0, 0.05) is 52.6 Å². The van der Waals surface area contributed by atoms with Gasteiger partial charge in [0.25, 0.3) is 0 Å². The van der Waals surface area contributed by atoms with Crippen LogP contribution in [0.1, 0.15) is 0 Å². The first-order valence-corrected chi connectivity index (χ1v) is 31.2. The average Bonchev–Trinajstić information content (AvgIpc) is 0.751. The summed E-state index contributed by atoms with van der Waals surface area (Å²) in [6.45, 7) is 0. The zero-order chi connectivity index (χ0) is 60.6. The molecule has 0 saturated heterocycles. The van der Waals surface area contributed by atoms with Crippen molar-refractivity contribution in [3.63, 3.8) is 0 Å². The Morgan fingerprint density at radius 2 is 0.478 bits per heavy atom. The Morgan fingerprint density at radius 1 is 0.185 bits per heavy atom. The Morgan fingerprint density at radius 3 is 0.826 bits per heavy atom. The summed E-state index contributed by atoms with van der Waals surface area (Å²) in [6, 6.07) is 108. The minimum Gasteiger partial charge on any atom is -0.256 e. The largest absolute Gasteiger partial charge is 0.256 e. The Hall–Kier alpha value is -12.3. The van der Waals surface area contributed by atoms with Crippen molar-refractivity contribution in [2.24, 2.45) is 0 Å². The highest BCUT2D eigenvalue weighted by molar-refractivity contribution is 6.29. The van der Waals surface area contributed by atoms with Crippen LogP contribution >= 0.6 is 0 Å². The van der Waals surface area contributed by atoms with Gasteiger partial charge >= 0.3 is 0 Å². The second-order valence-corrected chi connectivity index (χ2v) is 23.9. The topological polar surface area (TPSA) is 64.5 Å². The molecule has 0 saturated carbocycles. The molecule has 5 nitrogen and oxygen atoms in total. The zero-order valence-corrected chi connectivity index (χ0v) is 49.8. The highest BCUT2D eigenvalue weighted by Crippen LogP contribution is 2.47. The molecule has 18 aromatic rings. The fourth-order valence-electron chi connectivity index (χ4n) is 14.0. The molecular weight excluding hydrogens is 1110 g/mol. The third-order valence-corrected chi connectivity index (χ3v) is 18.7. The lowest BCUT2D eigenvalue weighted by Gasteiger charge is -2.18. The fourth-order valence-corrected chi connectivity index (χ4v) is 14.0. The van der Waals surface area contributed by atoms with E-state index in [0.717, 1.165) is 72.8 Å². The zero-order valence-electron chi connectivity index (χ0n) is 49.8. The molecule has 18 rings (SSSR count). The van der Waals surface area contributed by atoms with Gasteiger partial charge in [-0.3, -0.25) is 9.97 Å². The van der Waals surface area contributed by atoms with Crippen LogP contribution in [0.5, 0.6) is 0 Å². The smallest absolute Gasteiger partial charge is 0.159 e. The highest BCUT2D eigenvalue weighted by Gasteiger charge is 2.20. The standard InChI is InChI=1S/C87H53N5/c1-3-48-88-79(12-1)62-32-20-56(21-33-62)54-16-24-58(25-17-54)75-50-76(72-45-41-66-9-5-8-65-40-44-71(75)85(72)83(65)66)59-26-18-55(19-27-59)57-22-34-64(35-23-57)81-14-7-15-82(92-81)70-52-90-87(91-53-70)69-38-30-61(31-39-69)78-51-77(60-28-36-63(37-29-60)80-13-2-4-49-89-80)73-46-42-67-10-6-11-68-43-47-74(78)86(73)84(67)68/h1-53H. The third-order valence-electron chi connectivity index (χ3n) is 18.7. The molecule has 92 heavy (non-hydrogen) atoms. The van der Waals surface area contributed by atoms with Gasteiger partial charge < -0.3 is 0 Å². The molecule has 0 spiro atoms. The fraction of sp³-hybridized carbons (Fsp3) is 0. The monoisotopic (exact) mass is 1170 g/mol. The average molecular weight is 1170 g/mol. The van der Waals surface area contributed by atoms with E-state index >= 15 is 0 Å². The van der Waals surface area contributed by atoms with Gasteiger partial charge in [-0.15, -0.1) is 0 Å². The summed E-state index contributed by atoms with van der Waals surface area (Å²) in [5.74, 6) is 0.659. The number of hydrogen-bond acceptors (Lipinski definition) is 5. The molecule has 5 heteroatoms. The maximum absolute atomic E-state index is 5.14. The van der Waals surface area contributed by atoms with E-state index in [9.17, 15) is 0 Å². The van der Waals surface area contributed by atoms with Gasteiger partial charge in [0.15, 0.2) is 5.82 Å². The molecule has 0 fully saturated rings. The summed E-state index contributed by atoms with van der Waals surface area (Å²) < 4.78 is 0. The number of benzene rings is 14. The molecule has 0 unspecified atom stereocenters. The summed E-state index contributed by atoms with van der Waals surface area (Å²) in [5, 5.41) is 15.2. The molecule has 0 aliphatic rings. The first-order chi connectivity index (χ1) is 45.6. The van der Waals surface area contributed by atoms with E-state index in [4.69, 9.17) is 15.0 Å². The first-order valence-electron chi connectivity index (χ1n) is 31.2. The Kier molecular flexibility index (Phi) is 12.5. The maximum Gasteiger partial charge on any atom is 0.159 e. The molecule has 0 atom stereocenters. The summed E-state index contributed by atoms with van der Waals surface area (Å²) in [6.07, 6.45) is 7.45. The van der Waals surface area contributed by atoms with Crippen LogP contribution in [-0.4, -0.2) is 24.9 Å². The number of pyridine rings is 3. The van der Waals surface area contributed by atoms with Crippen molar-refractivity contribution >= 4 is 64.6 Å². The van der Waals surface area contributed by atoms with Gasteiger partial charge in [0.1, 0.15) is 0 Å². The summed E-state index contributed by atoms with van der Waals surface area (Å²) in [7, 11) is 0. The molecule has 426 valence electrons. The molecule has 0 aliphatic heterocycles. The van der Waals surface area contributed by atoms with Crippen molar-refractivity contribution in [2.75, 3.05) is 0 Å². The molecule has 0 bridgehead atoms. The van der Waals surface area contributed by atoms with E-state index in [1.165, 1.54) is 109 Å². The van der Waals surface area contributed by atoms with Crippen LogP contribution < -0.4 is 0 Å². The van der Waals surface area contributed by atoms with Crippen molar-refractivity contribution in [1.29, 1.82) is 0 Å². The van der Waals surface area contributed by atoms with Gasteiger partial charge in [-0.2, -0.15) is 0 Å². The number of hydrogen-bond donors (Lipinski definition) is 0. The minimum atomic E-state index is 0.659. The lowest BCUT2D eigenvalue weighted by molar-refractivity contribution is 1.17. The van der Waals surface area contributed by atoms with Crippen LogP contribution in [-0.2, 0) is 0 Å². The Labute approximate surface area is 531 Å². The predicted molar refractivity (Wildman–Crippen MR) is 383 cm³/mol. The molecule has 4 aromatic heterocycles. The molecule has 0 radical (unpaired) electrons. The molecular formula is C87H53N5. The van der Waals surface area contributed by atoms with Crippen molar-refractivity contribution in [1.82, 2.24) is 24.9 Å². The van der Waals surface area contributed by atoms with Crippen LogP contribution in [0.3, 0.4) is 0 Å². The maximum atomic E-state index is 5.14. The van der Waals surface area contributed by atoms with E-state index < -0.39 is 0 Å². The first kappa shape index (κ1) is 52.8. The van der Waals surface area contributed by atoms with Crippen LogP contribution in [0.15, 0.2) is 322 Å². The van der Waals surface area contributed by atoms with Crippen LogP contribution in [0.4, 0.5) is 0 Å². The lowest BCUT2D eigenvalue weighted by atomic mass is 9.85. The number of aromatic nitrogens is 5. The van der Waals surface area contributed by atoms with E-state index in [1.54, 1.807) is 0 Å². The third kappa shape index (κ3) is 9.13. The second-order valence-electron chi connectivity index (χ2n) is 23.9. The SMILES string of the molecule is c1ccc(-c2ccc(-c3ccc(-c4cc(-c5ccc(-c6ccc(-c7cccc(-c8cnc(-c9ccc(-c%10cc(-c%11ccc(-c%12ccccn%12)cc%11)c%11ccc%12cccc%13ccc%10c%11c%12%13)cc9)nc8)n7)cc6)cc5)c5ccc6cccc7ccc4c5c76)cc3)cc2)nc1. The summed E-state index contributed by atoms with van der Waals surface area (Å²) in [5.41, 5.74) is 22.8. The van der Waals surface area contributed by atoms with Gasteiger partial charge in [0.2, 0.25) is 0 Å².